The molecule has 0 saturated carbocycles. The van der Waals surface area contributed by atoms with E-state index in [1.807, 2.05) is 12.1 Å². The molecule has 1 amide bonds. The van der Waals surface area contributed by atoms with Crippen molar-refractivity contribution in [2.24, 2.45) is 0 Å². The first kappa shape index (κ1) is 18.6. The number of amides is 1. The third kappa shape index (κ3) is 6.79. The molecule has 2 rings (SSSR count). The van der Waals surface area contributed by atoms with Gasteiger partial charge in [0.05, 0.1) is 5.75 Å². The summed E-state index contributed by atoms with van der Waals surface area (Å²) in [6.07, 6.45) is -4.43. The van der Waals surface area contributed by atoms with Crippen molar-refractivity contribution in [2.45, 2.75) is 17.9 Å². The Balaban J connectivity index is 1.74. The summed E-state index contributed by atoms with van der Waals surface area (Å²) in [5.74, 6) is 0.141. The minimum Gasteiger partial charge on any atom is -0.486 e. The van der Waals surface area contributed by atoms with Crippen molar-refractivity contribution in [3.05, 3.63) is 34.6 Å². The van der Waals surface area contributed by atoms with E-state index >= 15 is 0 Å². The summed E-state index contributed by atoms with van der Waals surface area (Å²) in [5.41, 5.74) is 0. The molecular formula is C13H12BrF3N4O2S. The number of carbonyl (C=O) groups is 1. The third-order valence-electron chi connectivity index (χ3n) is 2.52. The van der Waals surface area contributed by atoms with Crippen LogP contribution in [0.15, 0.2) is 33.9 Å². The number of H-pyrrole nitrogens is 1. The Kier molecular flexibility index (Phi) is 6.49. The molecular weight excluding hydrogens is 413 g/mol. The molecule has 0 saturated heterocycles. The fraction of sp³-hybridized carbons (Fsp3) is 0.308. The molecule has 6 nitrogen and oxygen atoms in total. The number of hydrogen-bond donors (Lipinski definition) is 2. The molecule has 130 valence electrons. The molecule has 0 spiro atoms. The van der Waals surface area contributed by atoms with E-state index in [1.54, 1.807) is 17.4 Å². The molecule has 1 aromatic carbocycles. The number of alkyl halides is 3. The molecule has 2 aromatic rings. The van der Waals surface area contributed by atoms with E-state index in [-0.39, 0.29) is 17.5 Å². The second-order valence-corrected chi connectivity index (χ2v) is 6.35. The van der Waals surface area contributed by atoms with Crippen molar-refractivity contribution >= 4 is 33.6 Å². The molecule has 1 heterocycles. The van der Waals surface area contributed by atoms with Gasteiger partial charge >= 0.3 is 6.18 Å². The van der Waals surface area contributed by atoms with Crippen molar-refractivity contribution in [1.29, 1.82) is 0 Å². The fourth-order valence-electron chi connectivity index (χ4n) is 1.47. The van der Waals surface area contributed by atoms with Crippen molar-refractivity contribution in [3.63, 3.8) is 0 Å². The molecule has 11 heteroatoms. The van der Waals surface area contributed by atoms with Crippen LogP contribution in [0.25, 0.3) is 0 Å². The van der Waals surface area contributed by atoms with E-state index in [0.717, 1.165) is 16.2 Å². The van der Waals surface area contributed by atoms with Gasteiger partial charge in [-0.15, -0.1) is 5.10 Å². The van der Waals surface area contributed by atoms with Crippen LogP contribution in [-0.2, 0) is 11.4 Å². The maximum atomic E-state index is 12.0. The van der Waals surface area contributed by atoms with Gasteiger partial charge in [0.25, 0.3) is 0 Å². The Morgan fingerprint density at radius 2 is 2.04 bits per heavy atom. The van der Waals surface area contributed by atoms with Gasteiger partial charge in [-0.1, -0.05) is 27.7 Å². The monoisotopic (exact) mass is 424 g/mol. The highest BCUT2D eigenvalue weighted by molar-refractivity contribution is 9.10. The van der Waals surface area contributed by atoms with Crippen LogP contribution in [0.3, 0.4) is 0 Å². The quantitative estimate of drug-likeness (QED) is 0.667. The fourth-order valence-corrected chi connectivity index (χ4v) is 2.38. The van der Waals surface area contributed by atoms with Crippen molar-refractivity contribution < 1.29 is 22.7 Å². The molecule has 0 unspecified atom stereocenters. The van der Waals surface area contributed by atoms with E-state index in [9.17, 15) is 18.0 Å². The van der Waals surface area contributed by atoms with E-state index in [0.29, 0.717) is 11.6 Å². The standard InChI is InChI=1S/C13H12BrF3N4O2S/c14-8-1-3-9(4-2-8)23-5-10-19-12(21-20-10)24-6-11(22)18-7-13(15,16)17/h1-4H,5-7H2,(H,18,22)(H,19,20,21). The van der Waals surface area contributed by atoms with Gasteiger partial charge in [0.15, 0.2) is 5.82 Å². The van der Waals surface area contributed by atoms with Crippen LogP contribution >= 0.6 is 27.7 Å². The second-order valence-electron chi connectivity index (χ2n) is 4.49. The van der Waals surface area contributed by atoms with Gasteiger partial charge in [0.2, 0.25) is 11.1 Å². The number of aromatic amines is 1. The van der Waals surface area contributed by atoms with Gasteiger partial charge in [0, 0.05) is 4.47 Å². The van der Waals surface area contributed by atoms with Crippen LogP contribution in [0.5, 0.6) is 5.75 Å². The predicted octanol–water partition coefficient (Wildman–Crippen LogP) is 2.92. The van der Waals surface area contributed by atoms with Crippen LogP contribution in [0.4, 0.5) is 13.2 Å². The van der Waals surface area contributed by atoms with Gasteiger partial charge in [-0.2, -0.15) is 13.2 Å². The van der Waals surface area contributed by atoms with Crippen molar-refractivity contribution in [2.75, 3.05) is 12.3 Å². The lowest BCUT2D eigenvalue weighted by Gasteiger charge is -2.07. The summed E-state index contributed by atoms with van der Waals surface area (Å²) >= 11 is 4.24. The average molecular weight is 425 g/mol. The minimum absolute atomic E-state index is 0.148. The number of nitrogens with one attached hydrogen (secondary N) is 2. The molecule has 0 aliphatic carbocycles. The Bertz CT molecular complexity index is 679. The number of hydrogen-bond acceptors (Lipinski definition) is 5. The Labute approximate surface area is 147 Å². The van der Waals surface area contributed by atoms with Crippen LogP contribution < -0.4 is 10.1 Å². The molecule has 2 N–H and O–H groups in total. The summed E-state index contributed by atoms with van der Waals surface area (Å²) in [6.45, 7) is -1.21. The van der Waals surface area contributed by atoms with Crippen LogP contribution in [0.2, 0.25) is 0 Å². The number of halogens is 4. The smallest absolute Gasteiger partial charge is 0.405 e. The zero-order valence-electron chi connectivity index (χ0n) is 12.1. The highest BCUT2D eigenvalue weighted by Gasteiger charge is 2.27. The summed E-state index contributed by atoms with van der Waals surface area (Å²) < 4.78 is 42.3. The molecule has 0 atom stereocenters. The van der Waals surface area contributed by atoms with E-state index in [2.05, 4.69) is 31.1 Å². The lowest BCUT2D eigenvalue weighted by Crippen LogP contribution is -2.34. The first-order valence-electron chi connectivity index (χ1n) is 6.58. The topological polar surface area (TPSA) is 79.9 Å². The highest BCUT2D eigenvalue weighted by Crippen LogP contribution is 2.18. The highest BCUT2D eigenvalue weighted by atomic mass is 79.9. The van der Waals surface area contributed by atoms with Crippen LogP contribution in [-0.4, -0.2) is 39.6 Å². The molecule has 24 heavy (non-hydrogen) atoms. The summed E-state index contributed by atoms with van der Waals surface area (Å²) in [4.78, 5) is 15.4. The van der Waals surface area contributed by atoms with Crippen molar-refractivity contribution in [3.8, 4) is 5.75 Å². The summed E-state index contributed by atoms with van der Waals surface area (Å²) in [5, 5.41) is 8.53. The minimum atomic E-state index is -4.43. The normalized spacial score (nSPS) is 11.3. The lowest BCUT2D eigenvalue weighted by molar-refractivity contribution is -0.136. The molecule has 0 aliphatic heterocycles. The largest absolute Gasteiger partial charge is 0.486 e. The number of ether oxygens (including phenoxy) is 1. The molecule has 0 radical (unpaired) electrons. The van der Waals surface area contributed by atoms with Gasteiger partial charge in [0.1, 0.15) is 18.9 Å². The van der Waals surface area contributed by atoms with Crippen LogP contribution in [0.1, 0.15) is 5.82 Å². The van der Waals surface area contributed by atoms with E-state index < -0.39 is 18.6 Å². The van der Waals surface area contributed by atoms with Gasteiger partial charge in [-0.05, 0) is 24.3 Å². The van der Waals surface area contributed by atoms with Gasteiger partial charge in [-0.25, -0.2) is 4.98 Å². The third-order valence-corrected chi connectivity index (χ3v) is 3.89. The van der Waals surface area contributed by atoms with Crippen LogP contribution in [0, 0.1) is 0 Å². The Hall–Kier alpha value is -1.75. The molecule has 0 aliphatic rings. The Morgan fingerprint density at radius 3 is 2.71 bits per heavy atom. The average Bonchev–Trinajstić information content (AvgIpc) is 2.98. The number of nitrogens with zero attached hydrogens (tertiary/aromatic N) is 2. The van der Waals surface area contributed by atoms with Crippen molar-refractivity contribution in [1.82, 2.24) is 20.5 Å². The molecule has 1 aromatic heterocycles. The first-order chi connectivity index (χ1) is 11.3. The SMILES string of the molecule is O=C(CSc1n[nH]c(COc2ccc(Br)cc2)n1)NCC(F)(F)F. The lowest BCUT2D eigenvalue weighted by atomic mass is 10.3. The maximum Gasteiger partial charge on any atom is 0.405 e. The summed E-state index contributed by atoms with van der Waals surface area (Å²) in [6, 6.07) is 7.22. The van der Waals surface area contributed by atoms with Gasteiger partial charge in [-0.3, -0.25) is 9.89 Å². The number of benzene rings is 1. The molecule has 0 bridgehead atoms. The molecule has 0 fully saturated rings. The predicted molar refractivity (Wildman–Crippen MR) is 84.6 cm³/mol. The number of rotatable bonds is 7. The first-order valence-corrected chi connectivity index (χ1v) is 8.35. The summed E-state index contributed by atoms with van der Waals surface area (Å²) in [7, 11) is 0. The van der Waals surface area contributed by atoms with E-state index in [4.69, 9.17) is 4.74 Å². The zero-order chi connectivity index (χ0) is 17.6. The van der Waals surface area contributed by atoms with E-state index in [1.165, 1.54) is 0 Å². The number of carbonyl (C=O) groups excluding carboxylic acids is 1. The second kappa shape index (κ2) is 8.38. The number of aromatic nitrogens is 3. The number of thioether (sulfide) groups is 1. The maximum absolute atomic E-state index is 12.0. The van der Waals surface area contributed by atoms with Gasteiger partial charge < -0.3 is 10.1 Å². The zero-order valence-corrected chi connectivity index (χ0v) is 14.5. The Morgan fingerprint density at radius 1 is 1.33 bits per heavy atom.